The molecule has 0 unspecified atom stereocenters. The Bertz CT molecular complexity index is 1900. The number of hydrogen-bond donors (Lipinski definition) is 0. The molecule has 6 aromatic carbocycles. The molecule has 10 heteroatoms. The molecule has 0 aliphatic heterocycles. The van der Waals surface area contributed by atoms with Crippen LogP contribution in [0, 0.1) is 46.5 Å². The summed E-state index contributed by atoms with van der Waals surface area (Å²) in [6.45, 7) is -0.393. The number of rotatable bonds is 7. The molecule has 6 aromatic rings. The largest absolute Gasteiger partial charge is 0.488 e. The van der Waals surface area contributed by atoms with E-state index in [1.165, 1.54) is 0 Å². The van der Waals surface area contributed by atoms with E-state index in [4.69, 9.17) is 9.47 Å². The fraction of sp³-hybridized carbons (Fsp3) is 0.0588. The first-order valence-electron chi connectivity index (χ1n) is 13.1. The van der Waals surface area contributed by atoms with E-state index in [9.17, 15) is 17.6 Å². The van der Waals surface area contributed by atoms with Crippen molar-refractivity contribution in [1.82, 2.24) is 0 Å². The molecule has 0 radical (unpaired) electrons. The Hall–Kier alpha value is -5.12. The van der Waals surface area contributed by atoms with Gasteiger partial charge in [-0.3, -0.25) is 0 Å². The average Bonchev–Trinajstić information content (AvgIpc) is 3.06. The summed E-state index contributed by atoms with van der Waals surface area (Å²) in [7, 11) is 0. The Labute approximate surface area is 244 Å². The predicted octanol–water partition coefficient (Wildman–Crippen LogP) is 9.93. The number of halogens is 8. The maximum absolute atomic E-state index is 15.7. The summed E-state index contributed by atoms with van der Waals surface area (Å²) in [6, 6.07) is 21.0. The average molecular weight is 611 g/mol. The SMILES string of the molecule is Fc1c(F)c(F)c2c(-c3c(OCc4ccccc4)ccc4c(F)c(F)c(F)c(F)c34)c(OCc3ccccc3)ccc2c1F. The van der Waals surface area contributed by atoms with Crippen molar-refractivity contribution < 1.29 is 44.6 Å². The lowest BCUT2D eigenvalue weighted by molar-refractivity contribution is 0.303. The lowest BCUT2D eigenvalue weighted by Gasteiger charge is -2.21. The maximum Gasteiger partial charge on any atom is 0.198 e. The first-order chi connectivity index (χ1) is 21.2. The van der Waals surface area contributed by atoms with E-state index in [0.717, 1.165) is 24.3 Å². The molecule has 0 atom stereocenters. The van der Waals surface area contributed by atoms with Crippen LogP contribution in [0.4, 0.5) is 35.1 Å². The third kappa shape index (κ3) is 4.86. The molecule has 0 saturated carbocycles. The third-order valence-electron chi connectivity index (χ3n) is 7.13. The van der Waals surface area contributed by atoms with Gasteiger partial charge in [-0.05, 0) is 35.4 Å². The minimum absolute atomic E-state index is 0.196. The van der Waals surface area contributed by atoms with Gasteiger partial charge in [0.1, 0.15) is 24.7 Å². The maximum atomic E-state index is 15.7. The lowest BCUT2D eigenvalue weighted by Crippen LogP contribution is -2.06. The van der Waals surface area contributed by atoms with Crippen molar-refractivity contribution in [2.45, 2.75) is 13.2 Å². The van der Waals surface area contributed by atoms with E-state index in [2.05, 4.69) is 0 Å². The zero-order valence-electron chi connectivity index (χ0n) is 22.3. The fourth-order valence-electron chi connectivity index (χ4n) is 5.04. The number of benzene rings is 6. The summed E-state index contributed by atoms with van der Waals surface area (Å²) in [5.41, 5.74) is -0.0167. The lowest BCUT2D eigenvalue weighted by atomic mass is 9.90. The highest BCUT2D eigenvalue weighted by atomic mass is 19.2. The quantitative estimate of drug-likeness (QED) is 0.102. The summed E-state index contributed by atoms with van der Waals surface area (Å²) >= 11 is 0. The molecule has 6 rings (SSSR count). The standard InChI is InChI=1S/C34H18F8O2/c35-27-19-11-13-21(43-15-17-7-3-1-4-8-17)25(23(19)29(37)33(41)31(27)39)26-22(44-16-18-9-5-2-6-10-18)14-12-20-24(26)30(38)34(42)32(40)28(20)36/h1-14H,15-16H2. The van der Waals surface area contributed by atoms with Gasteiger partial charge in [0.05, 0.1) is 0 Å². The van der Waals surface area contributed by atoms with Crippen molar-refractivity contribution in [3.8, 4) is 22.6 Å². The van der Waals surface area contributed by atoms with Crippen LogP contribution >= 0.6 is 0 Å². The zero-order valence-corrected chi connectivity index (χ0v) is 22.3. The van der Waals surface area contributed by atoms with Crippen LogP contribution in [-0.2, 0) is 13.2 Å². The zero-order chi connectivity index (χ0) is 31.1. The molecule has 44 heavy (non-hydrogen) atoms. The fourth-order valence-corrected chi connectivity index (χ4v) is 5.04. The number of hydrogen-bond acceptors (Lipinski definition) is 2. The molecule has 2 nitrogen and oxygen atoms in total. The van der Waals surface area contributed by atoms with Gasteiger partial charge in [0.25, 0.3) is 0 Å². The van der Waals surface area contributed by atoms with E-state index in [-0.39, 0.29) is 24.7 Å². The highest BCUT2D eigenvalue weighted by Crippen LogP contribution is 2.49. The highest BCUT2D eigenvalue weighted by Gasteiger charge is 2.31. The molecule has 0 aliphatic rings. The van der Waals surface area contributed by atoms with Gasteiger partial charge in [-0.2, -0.15) is 0 Å². The third-order valence-corrected chi connectivity index (χ3v) is 7.13. The van der Waals surface area contributed by atoms with Crippen LogP contribution < -0.4 is 9.47 Å². The molecule has 0 spiro atoms. The van der Waals surface area contributed by atoms with Gasteiger partial charge in [-0.25, -0.2) is 35.1 Å². The Morgan fingerprint density at radius 1 is 0.364 bits per heavy atom. The Morgan fingerprint density at radius 2 is 0.705 bits per heavy atom. The normalized spacial score (nSPS) is 11.4. The van der Waals surface area contributed by atoms with Crippen LogP contribution in [0.5, 0.6) is 11.5 Å². The molecule has 0 aliphatic carbocycles. The van der Waals surface area contributed by atoms with E-state index in [0.29, 0.717) is 11.1 Å². The molecule has 0 heterocycles. The monoisotopic (exact) mass is 610 g/mol. The molecular weight excluding hydrogens is 592 g/mol. The first kappa shape index (κ1) is 29.0. The van der Waals surface area contributed by atoms with Crippen molar-refractivity contribution >= 4 is 21.5 Å². The number of fused-ring (bicyclic) bond motifs is 2. The Kier molecular flexibility index (Phi) is 7.59. The van der Waals surface area contributed by atoms with Gasteiger partial charge >= 0.3 is 0 Å². The van der Waals surface area contributed by atoms with Crippen LogP contribution in [0.3, 0.4) is 0 Å². The Balaban J connectivity index is 1.72. The van der Waals surface area contributed by atoms with E-state index < -0.39 is 79.2 Å². The van der Waals surface area contributed by atoms with Crippen LogP contribution in [0.1, 0.15) is 11.1 Å². The predicted molar refractivity (Wildman–Crippen MR) is 148 cm³/mol. The molecular formula is C34H18F8O2. The van der Waals surface area contributed by atoms with Gasteiger partial charge < -0.3 is 9.47 Å². The molecule has 0 fully saturated rings. The second kappa shape index (κ2) is 11.5. The van der Waals surface area contributed by atoms with Crippen LogP contribution in [0.25, 0.3) is 32.7 Å². The molecule has 0 saturated heterocycles. The summed E-state index contributed by atoms with van der Waals surface area (Å²) in [5.74, 6) is -16.6. The van der Waals surface area contributed by atoms with Crippen molar-refractivity contribution in [3.63, 3.8) is 0 Å². The minimum Gasteiger partial charge on any atom is -0.488 e. The van der Waals surface area contributed by atoms with Crippen molar-refractivity contribution in [2.75, 3.05) is 0 Å². The molecule has 222 valence electrons. The van der Waals surface area contributed by atoms with E-state index in [1.54, 1.807) is 60.7 Å². The number of ether oxygens (including phenoxy) is 2. The first-order valence-corrected chi connectivity index (χ1v) is 13.1. The van der Waals surface area contributed by atoms with Crippen LogP contribution in [-0.4, -0.2) is 0 Å². The van der Waals surface area contributed by atoms with Crippen LogP contribution in [0.15, 0.2) is 84.9 Å². The summed E-state index contributed by atoms with van der Waals surface area (Å²) in [6.07, 6.45) is 0. The van der Waals surface area contributed by atoms with E-state index in [1.807, 2.05) is 0 Å². The molecule has 0 aromatic heterocycles. The molecule has 0 N–H and O–H groups in total. The van der Waals surface area contributed by atoms with Crippen molar-refractivity contribution in [2.24, 2.45) is 0 Å². The Morgan fingerprint density at radius 3 is 1.07 bits per heavy atom. The minimum atomic E-state index is -2.19. The summed E-state index contributed by atoms with van der Waals surface area (Å²) < 4.78 is 131. The van der Waals surface area contributed by atoms with E-state index >= 15 is 17.6 Å². The smallest absolute Gasteiger partial charge is 0.198 e. The summed E-state index contributed by atoms with van der Waals surface area (Å²) in [5, 5.41) is -3.40. The van der Waals surface area contributed by atoms with Crippen LogP contribution in [0.2, 0.25) is 0 Å². The van der Waals surface area contributed by atoms with Crippen molar-refractivity contribution in [1.29, 1.82) is 0 Å². The van der Waals surface area contributed by atoms with Gasteiger partial charge in [0, 0.05) is 32.7 Å². The second-order valence-electron chi connectivity index (χ2n) is 9.78. The van der Waals surface area contributed by atoms with Gasteiger partial charge in [-0.1, -0.05) is 60.7 Å². The van der Waals surface area contributed by atoms with Crippen molar-refractivity contribution in [3.05, 3.63) is 143 Å². The second-order valence-corrected chi connectivity index (χ2v) is 9.78. The molecule has 0 bridgehead atoms. The van der Waals surface area contributed by atoms with Gasteiger partial charge in [0.2, 0.25) is 0 Å². The van der Waals surface area contributed by atoms with Gasteiger partial charge in [-0.15, -0.1) is 0 Å². The highest BCUT2D eigenvalue weighted by molar-refractivity contribution is 6.10. The van der Waals surface area contributed by atoms with Gasteiger partial charge in [0.15, 0.2) is 46.5 Å². The topological polar surface area (TPSA) is 18.5 Å². The summed E-state index contributed by atoms with van der Waals surface area (Å²) in [4.78, 5) is 0. The molecule has 0 amide bonds.